The molecule has 1 aliphatic rings. The van der Waals surface area contributed by atoms with E-state index < -0.39 is 13.4 Å². The van der Waals surface area contributed by atoms with Crippen LogP contribution in [0.25, 0.3) is 0 Å². The molecule has 8 heteroatoms. The van der Waals surface area contributed by atoms with Crippen molar-refractivity contribution in [3.05, 3.63) is 23.0 Å². The van der Waals surface area contributed by atoms with Gasteiger partial charge in [0.05, 0.1) is 31.7 Å². The average Bonchev–Trinajstić information content (AvgIpc) is 2.53. The summed E-state index contributed by atoms with van der Waals surface area (Å²) in [6.07, 6.45) is 2.16. The van der Waals surface area contributed by atoms with Crippen molar-refractivity contribution < 1.29 is 23.1 Å². The summed E-state index contributed by atoms with van der Waals surface area (Å²) in [6, 6.07) is 0. The van der Waals surface area contributed by atoms with Gasteiger partial charge in [-0.2, -0.15) is 0 Å². The van der Waals surface area contributed by atoms with Gasteiger partial charge in [0.2, 0.25) is 5.79 Å². The number of aromatic nitrogens is 1. The second kappa shape index (κ2) is 8.60. The Labute approximate surface area is 149 Å². The summed E-state index contributed by atoms with van der Waals surface area (Å²) in [6.45, 7) is 11.7. The molecule has 7 nitrogen and oxygen atoms in total. The molecule has 1 aromatic heterocycles. The van der Waals surface area contributed by atoms with E-state index in [2.05, 4.69) is 10.3 Å². The topological polar surface area (TPSA) is 78.9 Å². The van der Waals surface area contributed by atoms with Crippen molar-refractivity contribution in [1.82, 2.24) is 10.3 Å². The lowest BCUT2D eigenvalue weighted by Gasteiger charge is -2.34. The molecule has 1 N–H and O–H groups in total. The highest BCUT2D eigenvalue weighted by molar-refractivity contribution is 7.53. The molecule has 0 aromatic carbocycles. The minimum absolute atomic E-state index is 0.330. The third-order valence-electron chi connectivity index (χ3n) is 3.85. The molecule has 0 fully saturated rings. The van der Waals surface area contributed by atoms with Crippen LogP contribution in [0.4, 0.5) is 0 Å². The molecular weight excluding hydrogens is 343 g/mol. The van der Waals surface area contributed by atoms with E-state index in [0.717, 1.165) is 22.6 Å². The Kier molecular flexibility index (Phi) is 7.00. The zero-order valence-electron chi connectivity index (χ0n) is 15.8. The van der Waals surface area contributed by atoms with Gasteiger partial charge in [-0.3, -0.25) is 9.55 Å². The van der Waals surface area contributed by atoms with Crippen LogP contribution in [0.15, 0.2) is 6.20 Å². The smallest absolute Gasteiger partial charge is 0.331 e. The predicted octanol–water partition coefficient (Wildman–Crippen LogP) is 3.39. The Balaban J connectivity index is 1.97. The van der Waals surface area contributed by atoms with Gasteiger partial charge in [0.15, 0.2) is 0 Å². The van der Waals surface area contributed by atoms with Crippen LogP contribution < -0.4 is 10.1 Å². The van der Waals surface area contributed by atoms with Gasteiger partial charge in [0, 0.05) is 38.7 Å². The van der Waals surface area contributed by atoms with Crippen LogP contribution in [-0.4, -0.2) is 36.7 Å². The van der Waals surface area contributed by atoms with Crippen LogP contribution in [0.3, 0.4) is 0 Å². The summed E-state index contributed by atoms with van der Waals surface area (Å²) in [4.78, 5) is 4.42. The quantitative estimate of drug-likeness (QED) is 0.526. The second-order valence-electron chi connectivity index (χ2n) is 6.31. The molecule has 0 unspecified atom stereocenters. The van der Waals surface area contributed by atoms with Crippen molar-refractivity contribution in [3.8, 4) is 5.75 Å². The molecule has 1 aliphatic heterocycles. The van der Waals surface area contributed by atoms with E-state index in [4.69, 9.17) is 18.5 Å². The number of rotatable bonds is 9. The molecule has 1 aromatic rings. The maximum atomic E-state index is 12.4. The average molecular weight is 372 g/mol. The van der Waals surface area contributed by atoms with Crippen LogP contribution >= 0.6 is 7.60 Å². The highest BCUT2D eigenvalue weighted by Crippen LogP contribution is 2.47. The van der Waals surface area contributed by atoms with E-state index in [1.165, 1.54) is 0 Å². The Morgan fingerprint density at radius 3 is 2.64 bits per heavy atom. The Morgan fingerprint density at radius 1 is 1.32 bits per heavy atom. The Hall–Kier alpha value is -0.980. The summed E-state index contributed by atoms with van der Waals surface area (Å²) in [5, 5.41) is 3.28. The van der Waals surface area contributed by atoms with Gasteiger partial charge < -0.3 is 23.8 Å². The number of ether oxygens (including phenoxy) is 2. The molecule has 0 amide bonds. The molecule has 0 bridgehead atoms. The van der Waals surface area contributed by atoms with Crippen molar-refractivity contribution in [2.45, 2.75) is 53.6 Å². The molecule has 2 heterocycles. The van der Waals surface area contributed by atoms with E-state index in [1.54, 1.807) is 0 Å². The lowest BCUT2D eigenvalue weighted by atomic mass is 10.1. The number of fused-ring (bicyclic) bond motifs is 1. The molecule has 0 saturated heterocycles. The second-order valence-corrected chi connectivity index (χ2v) is 8.50. The number of hydrogen-bond acceptors (Lipinski definition) is 7. The third kappa shape index (κ3) is 5.50. The molecule has 0 saturated carbocycles. The van der Waals surface area contributed by atoms with Gasteiger partial charge in [-0.15, -0.1) is 0 Å². The first-order valence-electron chi connectivity index (χ1n) is 8.69. The molecule has 0 radical (unpaired) electrons. The van der Waals surface area contributed by atoms with Crippen LogP contribution in [0.5, 0.6) is 5.75 Å². The van der Waals surface area contributed by atoms with Gasteiger partial charge in [0.1, 0.15) is 5.75 Å². The van der Waals surface area contributed by atoms with Crippen molar-refractivity contribution >= 4 is 7.60 Å². The van der Waals surface area contributed by atoms with E-state index in [-0.39, 0.29) is 0 Å². The lowest BCUT2D eigenvalue weighted by Crippen LogP contribution is -2.36. The highest BCUT2D eigenvalue weighted by atomic mass is 31.2. The number of aryl methyl sites for hydroxylation is 1. The van der Waals surface area contributed by atoms with Crippen molar-refractivity contribution in [1.29, 1.82) is 0 Å². The summed E-state index contributed by atoms with van der Waals surface area (Å²) in [7, 11) is -3.02. The minimum atomic E-state index is -3.02. The largest absolute Gasteiger partial charge is 0.461 e. The van der Waals surface area contributed by atoms with Crippen molar-refractivity contribution in [2.24, 2.45) is 0 Å². The molecule has 0 spiro atoms. The summed E-state index contributed by atoms with van der Waals surface area (Å²) < 4.78 is 34.7. The number of pyridine rings is 1. The van der Waals surface area contributed by atoms with E-state index >= 15 is 0 Å². The maximum Gasteiger partial charge on any atom is 0.331 e. The SMILES string of the molecule is CCOP(=O)(CCNCc1cnc(C)c2c1COC(C)(C)O2)OCC. The van der Waals surface area contributed by atoms with E-state index in [0.29, 0.717) is 39.1 Å². The molecule has 0 aliphatic carbocycles. The van der Waals surface area contributed by atoms with E-state index in [1.807, 2.05) is 40.8 Å². The zero-order valence-corrected chi connectivity index (χ0v) is 16.7. The molecule has 2 rings (SSSR count). The molecule has 0 atom stereocenters. The monoisotopic (exact) mass is 372 g/mol. The summed E-state index contributed by atoms with van der Waals surface area (Å²) in [5.41, 5.74) is 2.88. The standard InChI is InChI=1S/C17H29N2O5P/c1-6-22-25(20,23-7-2)9-8-18-10-14-11-19-13(3)16-15(14)12-21-17(4,5)24-16/h11,18H,6-10,12H2,1-5H3. The fourth-order valence-corrected chi connectivity index (χ4v) is 4.19. The molecular formula is C17H29N2O5P. The van der Waals surface area contributed by atoms with Gasteiger partial charge in [-0.25, -0.2) is 0 Å². The van der Waals surface area contributed by atoms with Crippen LogP contribution in [0, 0.1) is 6.92 Å². The van der Waals surface area contributed by atoms with Crippen molar-refractivity contribution in [2.75, 3.05) is 25.9 Å². The van der Waals surface area contributed by atoms with Crippen LogP contribution in [-0.2, 0) is 31.5 Å². The number of hydrogen-bond donors (Lipinski definition) is 1. The zero-order chi connectivity index (χ0) is 18.5. The fourth-order valence-electron chi connectivity index (χ4n) is 2.64. The van der Waals surface area contributed by atoms with Gasteiger partial charge in [0.25, 0.3) is 0 Å². The summed E-state index contributed by atoms with van der Waals surface area (Å²) in [5.74, 6) is 0.150. The first-order chi connectivity index (χ1) is 11.8. The van der Waals surface area contributed by atoms with Gasteiger partial charge in [-0.1, -0.05) is 0 Å². The van der Waals surface area contributed by atoms with Crippen LogP contribution in [0.2, 0.25) is 0 Å². The van der Waals surface area contributed by atoms with E-state index in [9.17, 15) is 4.57 Å². The van der Waals surface area contributed by atoms with Gasteiger partial charge in [-0.05, 0) is 26.3 Å². The normalized spacial score (nSPS) is 16.4. The number of nitrogens with zero attached hydrogens (tertiary/aromatic N) is 1. The Bertz CT molecular complexity index is 626. The molecule has 25 heavy (non-hydrogen) atoms. The minimum Gasteiger partial charge on any atom is -0.461 e. The van der Waals surface area contributed by atoms with Crippen LogP contribution in [0.1, 0.15) is 44.5 Å². The van der Waals surface area contributed by atoms with Gasteiger partial charge >= 0.3 is 7.60 Å². The van der Waals surface area contributed by atoms with Crippen molar-refractivity contribution in [3.63, 3.8) is 0 Å². The first-order valence-corrected chi connectivity index (χ1v) is 10.4. The predicted molar refractivity (Wildman–Crippen MR) is 95.9 cm³/mol. The first kappa shape index (κ1) is 20.3. The third-order valence-corrected chi connectivity index (χ3v) is 5.92. The maximum absolute atomic E-state index is 12.4. The number of nitrogens with one attached hydrogen (secondary N) is 1. The Morgan fingerprint density at radius 2 is 2.00 bits per heavy atom. The fraction of sp³-hybridized carbons (Fsp3) is 0.706. The highest BCUT2D eigenvalue weighted by Gasteiger charge is 2.30. The lowest BCUT2D eigenvalue weighted by molar-refractivity contribution is -0.180. The summed E-state index contributed by atoms with van der Waals surface area (Å²) >= 11 is 0. The molecule has 142 valence electrons.